The summed E-state index contributed by atoms with van der Waals surface area (Å²) in [6.45, 7) is 7.85. The van der Waals surface area contributed by atoms with Gasteiger partial charge in [0.1, 0.15) is 12.4 Å². The summed E-state index contributed by atoms with van der Waals surface area (Å²) in [6, 6.07) is 12.6. The van der Waals surface area contributed by atoms with Crippen LogP contribution in [0.25, 0.3) is 16.5 Å². The van der Waals surface area contributed by atoms with Gasteiger partial charge in [-0.25, -0.2) is 0 Å². The quantitative estimate of drug-likeness (QED) is 0.393. The molecule has 0 amide bonds. The predicted octanol–water partition coefficient (Wildman–Crippen LogP) is 3.48. The van der Waals surface area contributed by atoms with E-state index in [1.807, 2.05) is 30.3 Å². The van der Waals surface area contributed by atoms with Gasteiger partial charge in [-0.15, -0.1) is 0 Å². The highest BCUT2D eigenvalue weighted by molar-refractivity contribution is 6.22. The average Bonchev–Trinajstić information content (AvgIpc) is 2.82. The molecule has 0 aliphatic carbocycles. The maximum Gasteiger partial charge on any atom is 0.251 e. The van der Waals surface area contributed by atoms with Gasteiger partial charge in [0.2, 0.25) is 0 Å². The summed E-state index contributed by atoms with van der Waals surface area (Å²) in [5.41, 5.74) is 2.64. The molecule has 0 radical (unpaired) electrons. The lowest BCUT2D eigenvalue weighted by Gasteiger charge is -2.26. The molecule has 3 aromatic rings. The number of pyridine rings is 2. The molecule has 178 valence electrons. The van der Waals surface area contributed by atoms with E-state index in [1.165, 1.54) is 6.07 Å². The van der Waals surface area contributed by atoms with Crippen molar-refractivity contribution in [1.82, 2.24) is 14.5 Å². The largest absolute Gasteiger partial charge is 0.512 e. The monoisotopic (exact) mass is 462 g/mol. The Hall–Kier alpha value is -3.49. The molecule has 0 bridgehead atoms. The molecule has 0 unspecified atom stereocenters. The lowest BCUT2D eigenvalue weighted by atomic mass is 9.97. The van der Waals surface area contributed by atoms with Crippen molar-refractivity contribution in [2.75, 3.05) is 39.5 Å². The molecule has 8 heteroatoms. The van der Waals surface area contributed by atoms with Crippen molar-refractivity contribution < 1.29 is 14.6 Å². The number of ether oxygens (including phenoxy) is 2. The number of rotatable bonds is 8. The molecule has 34 heavy (non-hydrogen) atoms. The van der Waals surface area contributed by atoms with Gasteiger partial charge in [-0.05, 0) is 43.5 Å². The van der Waals surface area contributed by atoms with E-state index in [4.69, 9.17) is 14.9 Å². The molecule has 0 saturated carbocycles. The van der Waals surface area contributed by atoms with Gasteiger partial charge in [0, 0.05) is 54.8 Å². The van der Waals surface area contributed by atoms with Crippen LogP contribution in [0.3, 0.4) is 0 Å². The van der Waals surface area contributed by atoms with Crippen LogP contribution in [0, 0.1) is 5.41 Å². The lowest BCUT2D eigenvalue weighted by Crippen LogP contribution is -2.38. The number of benzene rings is 1. The van der Waals surface area contributed by atoms with Crippen LogP contribution in [0.2, 0.25) is 0 Å². The first kappa shape index (κ1) is 23.7. The van der Waals surface area contributed by atoms with Crippen molar-refractivity contribution in [2.45, 2.75) is 20.4 Å². The van der Waals surface area contributed by atoms with Crippen molar-refractivity contribution in [1.29, 1.82) is 5.41 Å². The standard InChI is InChI=1S/C26H30N4O4/c1-18(27)26(19(2)31)22-15-20-6-7-25(32)30(17-21-5-3-4-8-28-21)23(20)16-24(22)34-14-11-29-9-12-33-13-10-29/h3-8,15-16,27,31H,9-14,17H2,1-2H3/b26-19+,27-18?. The topological polar surface area (TPSA) is 101 Å². The Bertz CT molecular complexity index is 1260. The van der Waals surface area contributed by atoms with Crippen molar-refractivity contribution in [3.63, 3.8) is 0 Å². The summed E-state index contributed by atoms with van der Waals surface area (Å²) in [6.07, 6.45) is 1.71. The van der Waals surface area contributed by atoms with Gasteiger partial charge in [0.25, 0.3) is 5.56 Å². The molecule has 2 N–H and O–H groups in total. The number of hydrogen-bond donors (Lipinski definition) is 2. The summed E-state index contributed by atoms with van der Waals surface area (Å²) in [4.78, 5) is 19.4. The van der Waals surface area contributed by atoms with Crippen LogP contribution < -0.4 is 10.3 Å². The van der Waals surface area contributed by atoms with Gasteiger partial charge in [-0.3, -0.25) is 14.7 Å². The fourth-order valence-electron chi connectivity index (χ4n) is 4.23. The number of allylic oxidation sites excluding steroid dienone is 2. The van der Waals surface area contributed by atoms with Crippen molar-refractivity contribution >= 4 is 22.2 Å². The Morgan fingerprint density at radius 3 is 2.65 bits per heavy atom. The van der Waals surface area contributed by atoms with Crippen LogP contribution in [0.15, 0.2) is 59.2 Å². The zero-order valence-electron chi connectivity index (χ0n) is 19.6. The van der Waals surface area contributed by atoms with Gasteiger partial charge in [0.05, 0.1) is 36.7 Å². The molecule has 8 nitrogen and oxygen atoms in total. The number of nitrogens with one attached hydrogen (secondary N) is 1. The van der Waals surface area contributed by atoms with E-state index in [0.717, 1.165) is 30.7 Å². The first-order valence-corrected chi connectivity index (χ1v) is 11.4. The first-order chi connectivity index (χ1) is 16.4. The maximum atomic E-state index is 12.8. The molecule has 0 spiro atoms. The molecule has 0 atom stereocenters. The van der Waals surface area contributed by atoms with Gasteiger partial charge < -0.3 is 24.6 Å². The van der Waals surface area contributed by atoms with E-state index in [1.54, 1.807) is 30.7 Å². The van der Waals surface area contributed by atoms with Gasteiger partial charge in [0.15, 0.2) is 0 Å². The van der Waals surface area contributed by atoms with E-state index in [9.17, 15) is 9.90 Å². The third-order valence-corrected chi connectivity index (χ3v) is 5.91. The second-order valence-electron chi connectivity index (χ2n) is 8.37. The molecular weight excluding hydrogens is 432 g/mol. The van der Waals surface area contributed by atoms with Crippen LogP contribution in [-0.4, -0.2) is 64.7 Å². The second-order valence-corrected chi connectivity index (χ2v) is 8.37. The zero-order valence-corrected chi connectivity index (χ0v) is 19.6. The number of aliphatic hydroxyl groups is 1. The molecule has 1 fully saturated rings. The summed E-state index contributed by atoms with van der Waals surface area (Å²) in [7, 11) is 0. The van der Waals surface area contributed by atoms with Crippen LogP contribution in [0.1, 0.15) is 25.1 Å². The molecule has 4 rings (SSSR count). The zero-order chi connectivity index (χ0) is 24.1. The fraction of sp³-hybridized carbons (Fsp3) is 0.346. The predicted molar refractivity (Wildman–Crippen MR) is 133 cm³/mol. The number of hydrogen-bond acceptors (Lipinski definition) is 7. The van der Waals surface area contributed by atoms with Gasteiger partial charge in [-0.1, -0.05) is 6.07 Å². The maximum absolute atomic E-state index is 12.8. The average molecular weight is 463 g/mol. The molecule has 3 heterocycles. The molecule has 1 aliphatic heterocycles. The normalized spacial score (nSPS) is 15.2. The second kappa shape index (κ2) is 10.6. The molecule has 1 saturated heterocycles. The van der Waals surface area contributed by atoms with Gasteiger partial charge in [-0.2, -0.15) is 0 Å². The van der Waals surface area contributed by atoms with Crippen molar-refractivity contribution in [3.05, 3.63) is 76.0 Å². The number of nitrogens with zero attached hydrogens (tertiary/aromatic N) is 3. The van der Waals surface area contributed by atoms with Crippen LogP contribution in [-0.2, 0) is 11.3 Å². The lowest BCUT2D eigenvalue weighted by molar-refractivity contribution is 0.0322. The van der Waals surface area contributed by atoms with Crippen LogP contribution >= 0.6 is 0 Å². The van der Waals surface area contributed by atoms with Crippen molar-refractivity contribution in [2.24, 2.45) is 0 Å². The summed E-state index contributed by atoms with van der Waals surface area (Å²) in [5, 5.41) is 19.4. The highest BCUT2D eigenvalue weighted by atomic mass is 16.5. The number of aliphatic hydroxyl groups excluding tert-OH is 1. The Balaban J connectivity index is 1.77. The number of fused-ring (bicyclic) bond motifs is 1. The smallest absolute Gasteiger partial charge is 0.251 e. The van der Waals surface area contributed by atoms with E-state index in [-0.39, 0.29) is 17.0 Å². The Labute approximate surface area is 198 Å². The Morgan fingerprint density at radius 2 is 1.97 bits per heavy atom. The highest BCUT2D eigenvalue weighted by Gasteiger charge is 2.18. The first-order valence-electron chi connectivity index (χ1n) is 11.4. The van der Waals surface area contributed by atoms with E-state index in [2.05, 4.69) is 9.88 Å². The van der Waals surface area contributed by atoms with E-state index >= 15 is 0 Å². The minimum Gasteiger partial charge on any atom is -0.512 e. The summed E-state index contributed by atoms with van der Waals surface area (Å²) in [5.74, 6) is 0.572. The fourth-order valence-corrected chi connectivity index (χ4v) is 4.23. The van der Waals surface area contributed by atoms with E-state index < -0.39 is 0 Å². The Morgan fingerprint density at radius 1 is 1.18 bits per heavy atom. The van der Waals surface area contributed by atoms with Gasteiger partial charge >= 0.3 is 0 Å². The molecule has 2 aromatic heterocycles. The molecular formula is C26H30N4O4. The van der Waals surface area contributed by atoms with Crippen molar-refractivity contribution in [3.8, 4) is 5.75 Å². The summed E-state index contributed by atoms with van der Waals surface area (Å²) >= 11 is 0. The third-order valence-electron chi connectivity index (χ3n) is 5.91. The molecule has 1 aliphatic rings. The van der Waals surface area contributed by atoms with E-state index in [0.29, 0.717) is 48.8 Å². The van der Waals surface area contributed by atoms with Crippen LogP contribution in [0.4, 0.5) is 0 Å². The molecule has 1 aromatic carbocycles. The number of aromatic nitrogens is 2. The van der Waals surface area contributed by atoms with Crippen LogP contribution in [0.5, 0.6) is 5.75 Å². The third kappa shape index (κ3) is 5.35. The minimum absolute atomic E-state index is 0.0479. The highest BCUT2D eigenvalue weighted by Crippen LogP contribution is 2.33. The number of morpholine rings is 1. The summed E-state index contributed by atoms with van der Waals surface area (Å²) < 4.78 is 13.3. The SMILES string of the molecule is CC(=N)/C(=C(/C)O)c1cc2ccc(=O)n(Cc3ccccn3)c2cc1OCCN1CCOCC1. The minimum atomic E-state index is -0.137. The Kier molecular flexibility index (Phi) is 7.40.